The lowest BCUT2D eigenvalue weighted by atomic mass is 10.1. The van der Waals surface area contributed by atoms with Crippen LogP contribution in [-0.2, 0) is 6.42 Å². The molecule has 4 rings (SSSR count). The highest BCUT2D eigenvalue weighted by Crippen LogP contribution is 2.20. The average molecular weight is 301 g/mol. The Bertz CT molecular complexity index is 955. The van der Waals surface area contributed by atoms with Crippen molar-refractivity contribution in [3.05, 3.63) is 72.4 Å². The molecule has 4 aromatic rings. The summed E-state index contributed by atoms with van der Waals surface area (Å²) in [5.74, 6) is 0.927. The summed E-state index contributed by atoms with van der Waals surface area (Å²) in [7, 11) is 0. The molecule has 0 spiro atoms. The number of para-hydroxylation sites is 2. The molecule has 0 aliphatic carbocycles. The van der Waals surface area contributed by atoms with Crippen molar-refractivity contribution in [1.82, 2.24) is 9.97 Å². The van der Waals surface area contributed by atoms with Crippen LogP contribution in [0.1, 0.15) is 12.5 Å². The number of aromatic amines is 1. The van der Waals surface area contributed by atoms with Gasteiger partial charge in [-0.2, -0.15) is 0 Å². The fraction of sp³-hybridized carbons (Fsp3) is 0.150. The highest BCUT2D eigenvalue weighted by Gasteiger charge is 2.09. The quantitative estimate of drug-likeness (QED) is 0.570. The molecule has 23 heavy (non-hydrogen) atoms. The van der Waals surface area contributed by atoms with Crippen molar-refractivity contribution in [3.63, 3.8) is 0 Å². The first-order valence-electron chi connectivity index (χ1n) is 7.97. The second-order valence-electron chi connectivity index (χ2n) is 6.00. The van der Waals surface area contributed by atoms with E-state index < -0.39 is 0 Å². The number of hydrogen-bond acceptors (Lipinski definition) is 2. The van der Waals surface area contributed by atoms with Crippen LogP contribution < -0.4 is 5.32 Å². The lowest BCUT2D eigenvalue weighted by Crippen LogP contribution is -2.18. The number of nitrogens with zero attached hydrogens (tertiary/aromatic N) is 1. The van der Waals surface area contributed by atoms with Crippen molar-refractivity contribution in [2.45, 2.75) is 19.4 Å². The summed E-state index contributed by atoms with van der Waals surface area (Å²) in [5.41, 5.74) is 3.55. The molecule has 0 fully saturated rings. The first kappa shape index (κ1) is 13.8. The van der Waals surface area contributed by atoms with Gasteiger partial charge in [0.05, 0.1) is 5.52 Å². The van der Waals surface area contributed by atoms with E-state index in [1.54, 1.807) is 0 Å². The van der Waals surface area contributed by atoms with Crippen molar-refractivity contribution in [2.75, 3.05) is 5.32 Å². The van der Waals surface area contributed by atoms with Gasteiger partial charge in [0.15, 0.2) is 0 Å². The van der Waals surface area contributed by atoms with Crippen LogP contribution in [0.2, 0.25) is 0 Å². The van der Waals surface area contributed by atoms with Crippen LogP contribution in [0.5, 0.6) is 0 Å². The SMILES string of the molecule is C[C@@H](Cc1c[nH]c2ccccc12)Nc1ccc2ccccc2n1. The minimum Gasteiger partial charge on any atom is -0.367 e. The molecule has 1 atom stereocenters. The molecule has 0 unspecified atom stereocenters. The summed E-state index contributed by atoms with van der Waals surface area (Å²) in [5, 5.41) is 5.98. The zero-order valence-corrected chi connectivity index (χ0v) is 13.1. The van der Waals surface area contributed by atoms with E-state index in [0.29, 0.717) is 6.04 Å². The zero-order chi connectivity index (χ0) is 15.6. The fourth-order valence-corrected chi connectivity index (χ4v) is 3.08. The van der Waals surface area contributed by atoms with Gasteiger partial charge in [-0.25, -0.2) is 4.98 Å². The molecule has 0 saturated carbocycles. The molecule has 3 heteroatoms. The Morgan fingerprint density at radius 1 is 1.00 bits per heavy atom. The van der Waals surface area contributed by atoms with Gasteiger partial charge in [0.1, 0.15) is 5.82 Å². The third-order valence-electron chi connectivity index (χ3n) is 4.19. The summed E-state index contributed by atoms with van der Waals surface area (Å²) in [6, 6.07) is 21.1. The molecule has 3 nitrogen and oxygen atoms in total. The van der Waals surface area contributed by atoms with Crippen LogP contribution in [0.4, 0.5) is 5.82 Å². The van der Waals surface area contributed by atoms with E-state index in [9.17, 15) is 0 Å². The van der Waals surface area contributed by atoms with Gasteiger partial charge >= 0.3 is 0 Å². The monoisotopic (exact) mass is 301 g/mol. The number of H-pyrrole nitrogens is 1. The highest BCUT2D eigenvalue weighted by molar-refractivity contribution is 5.83. The largest absolute Gasteiger partial charge is 0.367 e. The zero-order valence-electron chi connectivity index (χ0n) is 13.1. The lowest BCUT2D eigenvalue weighted by molar-refractivity contribution is 0.789. The first-order chi connectivity index (χ1) is 11.3. The summed E-state index contributed by atoms with van der Waals surface area (Å²) < 4.78 is 0. The summed E-state index contributed by atoms with van der Waals surface area (Å²) in [6.45, 7) is 2.19. The van der Waals surface area contributed by atoms with E-state index in [2.05, 4.69) is 64.8 Å². The maximum absolute atomic E-state index is 4.69. The van der Waals surface area contributed by atoms with Crippen LogP contribution >= 0.6 is 0 Å². The number of anilines is 1. The first-order valence-corrected chi connectivity index (χ1v) is 7.97. The van der Waals surface area contributed by atoms with Crippen LogP contribution in [0.15, 0.2) is 66.9 Å². The molecular weight excluding hydrogens is 282 g/mol. The Balaban J connectivity index is 1.53. The fourth-order valence-electron chi connectivity index (χ4n) is 3.08. The third-order valence-corrected chi connectivity index (χ3v) is 4.19. The second-order valence-corrected chi connectivity index (χ2v) is 6.00. The van der Waals surface area contributed by atoms with Crippen molar-refractivity contribution in [3.8, 4) is 0 Å². The second kappa shape index (κ2) is 5.76. The van der Waals surface area contributed by atoms with Crippen molar-refractivity contribution in [1.29, 1.82) is 0 Å². The maximum Gasteiger partial charge on any atom is 0.126 e. The predicted molar refractivity (Wildman–Crippen MR) is 96.8 cm³/mol. The van der Waals surface area contributed by atoms with Crippen molar-refractivity contribution >= 4 is 27.6 Å². The molecule has 0 radical (unpaired) electrons. The standard InChI is InChI=1S/C20H19N3/c1-14(12-16-13-21-19-9-5-3-7-17(16)19)22-20-11-10-15-6-2-4-8-18(15)23-20/h2-11,13-14,21H,12H2,1H3,(H,22,23)/t14-/m0/s1. The van der Waals surface area contributed by atoms with Gasteiger partial charge in [0, 0.05) is 28.5 Å². The number of rotatable bonds is 4. The average Bonchev–Trinajstić information content (AvgIpc) is 2.98. The van der Waals surface area contributed by atoms with Gasteiger partial charge in [-0.05, 0) is 43.2 Å². The topological polar surface area (TPSA) is 40.7 Å². The van der Waals surface area contributed by atoms with Gasteiger partial charge < -0.3 is 10.3 Å². The van der Waals surface area contributed by atoms with Gasteiger partial charge in [0.2, 0.25) is 0 Å². The number of benzene rings is 2. The van der Waals surface area contributed by atoms with Crippen LogP contribution in [0, 0.1) is 0 Å². The summed E-state index contributed by atoms with van der Waals surface area (Å²) in [6.07, 6.45) is 3.06. The van der Waals surface area contributed by atoms with E-state index in [0.717, 1.165) is 17.8 Å². The Kier molecular flexibility index (Phi) is 3.46. The lowest BCUT2D eigenvalue weighted by Gasteiger charge is -2.14. The smallest absolute Gasteiger partial charge is 0.126 e. The number of fused-ring (bicyclic) bond motifs is 2. The normalized spacial score (nSPS) is 12.6. The molecule has 0 bridgehead atoms. The minimum absolute atomic E-state index is 0.308. The Labute approximate surface area is 135 Å². The number of pyridine rings is 1. The maximum atomic E-state index is 4.69. The minimum atomic E-state index is 0.308. The summed E-state index contributed by atoms with van der Waals surface area (Å²) in [4.78, 5) is 8.03. The molecule has 0 aliphatic rings. The van der Waals surface area contributed by atoms with E-state index in [4.69, 9.17) is 0 Å². The van der Waals surface area contributed by atoms with Crippen LogP contribution in [0.25, 0.3) is 21.8 Å². The van der Waals surface area contributed by atoms with Crippen molar-refractivity contribution < 1.29 is 0 Å². The number of aromatic nitrogens is 2. The predicted octanol–water partition coefficient (Wildman–Crippen LogP) is 4.76. The molecule has 0 aliphatic heterocycles. The van der Waals surface area contributed by atoms with Crippen LogP contribution in [0.3, 0.4) is 0 Å². The molecule has 2 N–H and O–H groups in total. The van der Waals surface area contributed by atoms with Gasteiger partial charge in [-0.1, -0.05) is 36.4 Å². The molecule has 0 saturated heterocycles. The van der Waals surface area contributed by atoms with E-state index in [1.165, 1.54) is 21.9 Å². The van der Waals surface area contributed by atoms with E-state index in [-0.39, 0.29) is 0 Å². The van der Waals surface area contributed by atoms with Crippen LogP contribution in [-0.4, -0.2) is 16.0 Å². The number of hydrogen-bond donors (Lipinski definition) is 2. The molecule has 2 aromatic heterocycles. The van der Waals surface area contributed by atoms with Gasteiger partial charge in [-0.3, -0.25) is 0 Å². The third kappa shape index (κ3) is 2.78. The molecule has 0 amide bonds. The van der Waals surface area contributed by atoms with E-state index >= 15 is 0 Å². The molecule has 2 aromatic carbocycles. The van der Waals surface area contributed by atoms with Gasteiger partial charge in [-0.15, -0.1) is 0 Å². The Morgan fingerprint density at radius 3 is 2.78 bits per heavy atom. The van der Waals surface area contributed by atoms with E-state index in [1.807, 2.05) is 24.3 Å². The van der Waals surface area contributed by atoms with Crippen molar-refractivity contribution in [2.24, 2.45) is 0 Å². The molecule has 2 heterocycles. The summed E-state index contributed by atoms with van der Waals surface area (Å²) >= 11 is 0. The van der Waals surface area contributed by atoms with Gasteiger partial charge in [0.25, 0.3) is 0 Å². The number of nitrogens with one attached hydrogen (secondary N) is 2. The highest BCUT2D eigenvalue weighted by atomic mass is 15.0. The Morgan fingerprint density at radius 2 is 1.83 bits per heavy atom. The Hall–Kier alpha value is -2.81. The molecular formula is C20H19N3. The molecule has 114 valence electrons.